The molecule has 1 heterocycles. The van der Waals surface area contributed by atoms with Crippen molar-refractivity contribution in [2.24, 2.45) is 0 Å². The molecule has 0 fully saturated rings. The van der Waals surface area contributed by atoms with E-state index in [2.05, 4.69) is 10.2 Å². The maximum Gasteiger partial charge on any atom is 0.196 e. The Bertz CT molecular complexity index is 1120. The fraction of sp³-hybridized carbons (Fsp3) is 0.130. The predicted molar refractivity (Wildman–Crippen MR) is 120 cm³/mol. The molecule has 0 amide bonds. The highest BCUT2D eigenvalue weighted by molar-refractivity contribution is 7.99. The third-order valence-electron chi connectivity index (χ3n) is 4.60. The van der Waals surface area contributed by atoms with Crippen LogP contribution < -0.4 is 4.74 Å². The van der Waals surface area contributed by atoms with Gasteiger partial charge in [0.2, 0.25) is 0 Å². The fourth-order valence-corrected chi connectivity index (χ4v) is 4.11. The SMILES string of the molecule is COc1cccc(-c2nnc(SC[C@@H](O)c3ccccc3)n2-c2ccc(Cl)cc2)c1. The van der Waals surface area contributed by atoms with Gasteiger partial charge in [-0.1, -0.05) is 65.8 Å². The summed E-state index contributed by atoms with van der Waals surface area (Å²) in [5.74, 6) is 1.88. The number of aromatic nitrogens is 3. The molecule has 0 aliphatic carbocycles. The number of aliphatic hydroxyl groups excluding tert-OH is 1. The molecule has 0 spiro atoms. The van der Waals surface area contributed by atoms with Crippen molar-refractivity contribution in [2.45, 2.75) is 11.3 Å². The summed E-state index contributed by atoms with van der Waals surface area (Å²) in [5, 5.41) is 20.7. The van der Waals surface area contributed by atoms with Crippen LogP contribution in [-0.2, 0) is 0 Å². The van der Waals surface area contributed by atoms with Gasteiger partial charge in [0.05, 0.1) is 13.2 Å². The second-order valence-corrected chi connectivity index (χ2v) is 8.01. The first-order chi connectivity index (χ1) is 14.7. The topological polar surface area (TPSA) is 60.2 Å². The molecular formula is C23H20ClN3O2S. The normalized spacial score (nSPS) is 12.0. The van der Waals surface area contributed by atoms with E-state index in [1.165, 1.54) is 11.8 Å². The summed E-state index contributed by atoms with van der Waals surface area (Å²) >= 11 is 7.53. The first-order valence-electron chi connectivity index (χ1n) is 9.37. The Kier molecular flexibility index (Phi) is 6.38. The zero-order chi connectivity index (χ0) is 20.9. The molecule has 0 unspecified atom stereocenters. The molecule has 1 aromatic heterocycles. The zero-order valence-electron chi connectivity index (χ0n) is 16.3. The van der Waals surface area contributed by atoms with Gasteiger partial charge < -0.3 is 9.84 Å². The Morgan fingerprint density at radius 2 is 1.77 bits per heavy atom. The van der Waals surface area contributed by atoms with Crippen LogP contribution in [0.1, 0.15) is 11.7 Å². The number of halogens is 1. The lowest BCUT2D eigenvalue weighted by molar-refractivity contribution is 0.204. The molecule has 7 heteroatoms. The Balaban J connectivity index is 1.69. The molecule has 0 aliphatic rings. The van der Waals surface area contributed by atoms with E-state index in [4.69, 9.17) is 16.3 Å². The lowest BCUT2D eigenvalue weighted by atomic mass is 10.1. The quantitative estimate of drug-likeness (QED) is 0.391. The van der Waals surface area contributed by atoms with E-state index < -0.39 is 6.10 Å². The van der Waals surface area contributed by atoms with E-state index in [-0.39, 0.29) is 0 Å². The molecule has 1 atom stereocenters. The minimum atomic E-state index is -0.605. The number of aliphatic hydroxyl groups is 1. The molecule has 1 N–H and O–H groups in total. The van der Waals surface area contributed by atoms with Crippen molar-refractivity contribution in [3.8, 4) is 22.8 Å². The molecule has 4 rings (SSSR count). The van der Waals surface area contributed by atoms with E-state index in [0.717, 1.165) is 22.6 Å². The first kappa shape index (κ1) is 20.5. The second kappa shape index (κ2) is 9.34. The molecule has 152 valence electrons. The van der Waals surface area contributed by atoms with Crippen molar-refractivity contribution in [3.63, 3.8) is 0 Å². The average Bonchev–Trinajstić information content (AvgIpc) is 3.22. The van der Waals surface area contributed by atoms with Crippen molar-refractivity contribution in [1.29, 1.82) is 0 Å². The summed E-state index contributed by atoms with van der Waals surface area (Å²) in [5.41, 5.74) is 2.64. The molecule has 0 radical (unpaired) electrons. The van der Waals surface area contributed by atoms with Gasteiger partial charge in [0.1, 0.15) is 5.75 Å². The van der Waals surface area contributed by atoms with Crippen LogP contribution in [0.4, 0.5) is 0 Å². The van der Waals surface area contributed by atoms with E-state index >= 15 is 0 Å². The average molecular weight is 438 g/mol. The largest absolute Gasteiger partial charge is 0.497 e. The van der Waals surface area contributed by atoms with Crippen molar-refractivity contribution in [2.75, 3.05) is 12.9 Å². The molecule has 0 saturated heterocycles. The summed E-state index contributed by atoms with van der Waals surface area (Å²) in [4.78, 5) is 0. The molecule has 5 nitrogen and oxygen atoms in total. The maximum atomic E-state index is 10.6. The summed E-state index contributed by atoms with van der Waals surface area (Å²) in [7, 11) is 1.63. The van der Waals surface area contributed by atoms with Crippen LogP contribution in [0, 0.1) is 0 Å². The van der Waals surface area contributed by atoms with Crippen molar-refractivity contribution in [3.05, 3.63) is 89.4 Å². The monoisotopic (exact) mass is 437 g/mol. The Morgan fingerprint density at radius 1 is 1.00 bits per heavy atom. The lowest BCUT2D eigenvalue weighted by Crippen LogP contribution is -2.03. The molecule has 3 aromatic carbocycles. The van der Waals surface area contributed by atoms with Crippen LogP contribution in [0.15, 0.2) is 84.0 Å². The highest BCUT2D eigenvalue weighted by atomic mass is 35.5. The third-order valence-corrected chi connectivity index (χ3v) is 5.86. The van der Waals surface area contributed by atoms with Crippen LogP contribution in [0.25, 0.3) is 17.1 Å². The lowest BCUT2D eigenvalue weighted by Gasteiger charge is -2.13. The van der Waals surface area contributed by atoms with Crippen LogP contribution >= 0.6 is 23.4 Å². The van der Waals surface area contributed by atoms with Gasteiger partial charge in [-0.05, 0) is 42.0 Å². The van der Waals surface area contributed by atoms with Crippen molar-refractivity contribution in [1.82, 2.24) is 14.8 Å². The zero-order valence-corrected chi connectivity index (χ0v) is 17.8. The number of nitrogens with zero attached hydrogens (tertiary/aromatic N) is 3. The van der Waals surface area contributed by atoms with Crippen molar-refractivity contribution < 1.29 is 9.84 Å². The van der Waals surface area contributed by atoms with Gasteiger partial charge in [0, 0.05) is 22.0 Å². The van der Waals surface area contributed by atoms with Gasteiger partial charge in [-0.3, -0.25) is 4.57 Å². The summed E-state index contributed by atoms with van der Waals surface area (Å²) in [6.45, 7) is 0. The van der Waals surface area contributed by atoms with Crippen molar-refractivity contribution >= 4 is 23.4 Å². The fourth-order valence-electron chi connectivity index (χ4n) is 3.06. The summed E-state index contributed by atoms with van der Waals surface area (Å²) < 4.78 is 7.33. The van der Waals surface area contributed by atoms with Gasteiger partial charge in [0.15, 0.2) is 11.0 Å². The Morgan fingerprint density at radius 3 is 2.50 bits per heavy atom. The molecule has 0 aliphatic heterocycles. The van der Waals surface area contributed by atoms with Gasteiger partial charge in [-0.15, -0.1) is 10.2 Å². The van der Waals surface area contributed by atoms with E-state index in [1.807, 2.05) is 83.4 Å². The second-order valence-electron chi connectivity index (χ2n) is 6.59. The smallest absolute Gasteiger partial charge is 0.196 e. The number of hydrogen-bond donors (Lipinski definition) is 1. The number of benzene rings is 3. The van der Waals surface area contributed by atoms with Crippen LogP contribution in [0.3, 0.4) is 0 Å². The number of ether oxygens (including phenoxy) is 1. The van der Waals surface area contributed by atoms with Crippen LogP contribution in [-0.4, -0.2) is 32.7 Å². The Hall–Kier alpha value is -2.80. The highest BCUT2D eigenvalue weighted by Gasteiger charge is 2.18. The Labute approximate surface area is 184 Å². The minimum absolute atomic E-state index is 0.452. The maximum absolute atomic E-state index is 10.6. The molecule has 0 bridgehead atoms. The van der Waals surface area contributed by atoms with E-state index in [0.29, 0.717) is 21.8 Å². The number of thioether (sulfide) groups is 1. The summed E-state index contributed by atoms with van der Waals surface area (Å²) in [6, 6.07) is 24.8. The first-order valence-corrected chi connectivity index (χ1v) is 10.7. The van der Waals surface area contributed by atoms with Crippen LogP contribution in [0.2, 0.25) is 5.02 Å². The molecule has 4 aromatic rings. The van der Waals surface area contributed by atoms with Crippen LogP contribution in [0.5, 0.6) is 5.75 Å². The highest BCUT2D eigenvalue weighted by Crippen LogP contribution is 2.31. The predicted octanol–water partition coefficient (Wildman–Crippen LogP) is 5.42. The number of rotatable bonds is 7. The minimum Gasteiger partial charge on any atom is -0.497 e. The van der Waals surface area contributed by atoms with E-state index in [1.54, 1.807) is 7.11 Å². The molecular weight excluding hydrogens is 418 g/mol. The summed E-state index contributed by atoms with van der Waals surface area (Å²) in [6.07, 6.45) is -0.605. The van der Waals surface area contributed by atoms with Gasteiger partial charge in [-0.25, -0.2) is 0 Å². The van der Waals surface area contributed by atoms with Gasteiger partial charge in [0.25, 0.3) is 0 Å². The number of methoxy groups -OCH3 is 1. The third kappa shape index (κ3) is 4.51. The van der Waals surface area contributed by atoms with E-state index in [9.17, 15) is 5.11 Å². The molecule has 0 saturated carbocycles. The van der Waals surface area contributed by atoms with Gasteiger partial charge >= 0.3 is 0 Å². The molecule has 30 heavy (non-hydrogen) atoms. The van der Waals surface area contributed by atoms with Gasteiger partial charge in [-0.2, -0.15) is 0 Å². The number of hydrogen-bond acceptors (Lipinski definition) is 5. The standard InChI is InChI=1S/C23H20ClN3O2S/c1-29-20-9-5-8-17(14-20)22-25-26-23(27(22)19-12-10-18(24)11-13-19)30-15-21(28)16-6-3-2-4-7-16/h2-14,21,28H,15H2,1H3/t21-/m1/s1.